The molecular weight excluding hydrogens is 719 g/mol. The minimum Gasteiger partial charge on any atom is -0.497 e. The third-order valence-electron chi connectivity index (χ3n) is 11.8. The average Bonchev–Trinajstić information content (AvgIpc) is 4.10. The SMILES string of the molecule is CC[C@@H]1C[C@]1(NC(=O)[C@@H]1CC(Oc2nccc3cc(OC)ccc23)CN1C(=O)[C@@H](NC(=O)OC1(C)CC1)C1CCCCC1)C(=O)NS(=O)(=O)OC1(C)CC1. The lowest BCUT2D eigenvalue weighted by molar-refractivity contribution is -0.142. The molecule has 0 radical (unpaired) electrons. The number of aromatic nitrogens is 1. The zero-order valence-electron chi connectivity index (χ0n) is 31.4. The van der Waals surface area contributed by atoms with Gasteiger partial charge in [-0.25, -0.2) is 18.7 Å². The molecule has 2 heterocycles. The molecule has 1 unspecified atom stereocenters. The number of amides is 4. The predicted octanol–water partition coefficient (Wildman–Crippen LogP) is 4.03. The summed E-state index contributed by atoms with van der Waals surface area (Å²) < 4.78 is 50.4. The highest BCUT2D eigenvalue weighted by Gasteiger charge is 2.62. The lowest BCUT2D eigenvalue weighted by atomic mass is 9.83. The van der Waals surface area contributed by atoms with Gasteiger partial charge in [0.25, 0.3) is 5.91 Å². The first kappa shape index (κ1) is 38.1. The summed E-state index contributed by atoms with van der Waals surface area (Å²) in [5.74, 6) is -1.49. The van der Waals surface area contributed by atoms with E-state index in [4.69, 9.17) is 18.4 Å². The number of methoxy groups -OCH3 is 1. The largest absolute Gasteiger partial charge is 0.497 e. The maximum atomic E-state index is 14.7. The smallest absolute Gasteiger partial charge is 0.408 e. The summed E-state index contributed by atoms with van der Waals surface area (Å²) in [6.45, 7) is 5.35. The normalized spacial score (nSPS) is 27.3. The maximum Gasteiger partial charge on any atom is 0.408 e. The highest BCUT2D eigenvalue weighted by atomic mass is 32.2. The van der Waals surface area contributed by atoms with E-state index in [2.05, 4.69) is 15.6 Å². The first-order valence-corrected chi connectivity index (χ1v) is 20.6. The van der Waals surface area contributed by atoms with Crippen molar-refractivity contribution in [2.45, 2.75) is 133 Å². The molecule has 1 aliphatic heterocycles. The van der Waals surface area contributed by atoms with E-state index in [0.29, 0.717) is 36.3 Å². The van der Waals surface area contributed by atoms with Crippen molar-refractivity contribution < 1.29 is 46.0 Å². The number of ether oxygens (including phenoxy) is 3. The molecule has 4 amide bonds. The molecule has 0 bridgehead atoms. The Hall–Kier alpha value is -4.18. The van der Waals surface area contributed by atoms with Crippen LogP contribution in [0.2, 0.25) is 0 Å². The van der Waals surface area contributed by atoms with Crippen molar-refractivity contribution in [3.63, 3.8) is 0 Å². The molecule has 5 atom stereocenters. The van der Waals surface area contributed by atoms with E-state index in [1.807, 2.05) is 36.8 Å². The summed E-state index contributed by atoms with van der Waals surface area (Å²) in [7, 11) is -2.86. The number of carbonyl (C=O) groups excluding carboxylic acids is 4. The molecular formula is C38H51N5O10S. The predicted molar refractivity (Wildman–Crippen MR) is 196 cm³/mol. The summed E-state index contributed by atoms with van der Waals surface area (Å²) >= 11 is 0. The Morgan fingerprint density at radius 1 is 1.02 bits per heavy atom. The van der Waals surface area contributed by atoms with Gasteiger partial charge in [-0.05, 0) is 100 Å². The number of benzene rings is 1. The highest BCUT2D eigenvalue weighted by Crippen LogP contribution is 2.47. The quantitative estimate of drug-likeness (QED) is 0.251. The van der Waals surface area contributed by atoms with E-state index in [9.17, 15) is 27.6 Å². The Morgan fingerprint density at radius 3 is 2.39 bits per heavy atom. The molecule has 1 aromatic carbocycles. The number of carbonyl (C=O) groups is 4. The summed E-state index contributed by atoms with van der Waals surface area (Å²) in [6.07, 6.45) is 7.86. The molecule has 5 aliphatic rings. The number of pyridine rings is 1. The molecule has 3 N–H and O–H groups in total. The Kier molecular flexibility index (Phi) is 10.2. The van der Waals surface area contributed by atoms with Gasteiger partial charge in [0.15, 0.2) is 0 Å². The van der Waals surface area contributed by atoms with Gasteiger partial charge in [0.1, 0.15) is 35.1 Å². The first-order chi connectivity index (χ1) is 25.7. The van der Waals surface area contributed by atoms with Crippen LogP contribution in [0.1, 0.15) is 97.8 Å². The van der Waals surface area contributed by atoms with E-state index in [1.165, 1.54) is 4.90 Å². The second-order valence-electron chi connectivity index (χ2n) is 16.2. The summed E-state index contributed by atoms with van der Waals surface area (Å²) in [4.78, 5) is 61.9. The molecule has 16 heteroatoms. The van der Waals surface area contributed by atoms with Crippen LogP contribution >= 0.6 is 0 Å². The minimum absolute atomic E-state index is 0.00000980. The maximum absolute atomic E-state index is 14.7. The van der Waals surface area contributed by atoms with Crippen LogP contribution in [-0.4, -0.2) is 90.7 Å². The Balaban J connectivity index is 1.16. The van der Waals surface area contributed by atoms with Gasteiger partial charge in [0.05, 0.1) is 19.3 Å². The van der Waals surface area contributed by atoms with Gasteiger partial charge in [0.2, 0.25) is 17.7 Å². The average molecular weight is 770 g/mol. The first-order valence-electron chi connectivity index (χ1n) is 19.1. The third-order valence-corrected chi connectivity index (χ3v) is 12.9. The van der Waals surface area contributed by atoms with Crippen molar-refractivity contribution in [2.75, 3.05) is 13.7 Å². The van der Waals surface area contributed by atoms with Crippen LogP contribution in [0.15, 0.2) is 30.5 Å². The number of alkyl carbamates (subject to hydrolysis) is 1. The van der Waals surface area contributed by atoms with E-state index in [0.717, 1.165) is 50.3 Å². The van der Waals surface area contributed by atoms with Gasteiger partial charge >= 0.3 is 16.4 Å². The van der Waals surface area contributed by atoms with Crippen LogP contribution in [0.25, 0.3) is 10.8 Å². The lowest BCUT2D eigenvalue weighted by Crippen LogP contribution is -2.59. The lowest BCUT2D eigenvalue weighted by Gasteiger charge is -2.34. The van der Waals surface area contributed by atoms with Gasteiger partial charge in [-0.2, -0.15) is 8.42 Å². The molecule has 15 nitrogen and oxygen atoms in total. The van der Waals surface area contributed by atoms with E-state index in [1.54, 1.807) is 26.3 Å². The fourth-order valence-electron chi connectivity index (χ4n) is 7.93. The van der Waals surface area contributed by atoms with Crippen LogP contribution in [0.3, 0.4) is 0 Å². The Morgan fingerprint density at radius 2 is 1.74 bits per heavy atom. The zero-order chi connectivity index (χ0) is 38.5. The number of hydrogen-bond donors (Lipinski definition) is 3. The summed E-state index contributed by atoms with van der Waals surface area (Å²) in [5, 5.41) is 7.27. The molecule has 2 aromatic rings. The van der Waals surface area contributed by atoms with Crippen molar-refractivity contribution >= 4 is 44.9 Å². The molecule has 54 heavy (non-hydrogen) atoms. The summed E-state index contributed by atoms with van der Waals surface area (Å²) in [6, 6.07) is 5.24. The van der Waals surface area contributed by atoms with E-state index < -0.39 is 69.0 Å². The third kappa shape index (κ3) is 8.24. The number of likely N-dealkylation sites (tertiary alicyclic amines) is 1. The van der Waals surface area contributed by atoms with Crippen LogP contribution in [0.5, 0.6) is 11.6 Å². The van der Waals surface area contributed by atoms with Crippen molar-refractivity contribution in [2.24, 2.45) is 11.8 Å². The Bertz CT molecular complexity index is 1910. The fourth-order valence-corrected chi connectivity index (χ4v) is 9.08. The van der Waals surface area contributed by atoms with Gasteiger partial charge < -0.3 is 29.7 Å². The molecule has 1 aromatic heterocycles. The van der Waals surface area contributed by atoms with Crippen LogP contribution in [-0.2, 0) is 33.6 Å². The van der Waals surface area contributed by atoms with Crippen LogP contribution in [0, 0.1) is 11.8 Å². The standard InChI is InChI=1S/C38H51N5O10S/c1-5-25-21-38(25,34(46)42-54(48,49)53-37(3)16-17-37)41-31(44)29-20-27(51-32-28-12-11-26(50-4)19-24(28)13-18-39-32)22-43(29)33(45)30(23-9-7-6-8-10-23)40-35(47)52-36(2)14-15-36/h11-13,18-19,23,25,27,29-30H,5-10,14-17,20-22H2,1-4H3,(H,40,47)(H,41,44)(H,42,46)/t25-,27?,29+,30+,38-/m1/s1. The monoisotopic (exact) mass is 769 g/mol. The van der Waals surface area contributed by atoms with Gasteiger partial charge in [-0.3, -0.25) is 14.4 Å². The number of rotatable bonds is 14. The molecule has 5 fully saturated rings. The van der Waals surface area contributed by atoms with Crippen molar-refractivity contribution in [1.82, 2.24) is 25.2 Å². The molecule has 0 spiro atoms. The number of nitrogens with zero attached hydrogens (tertiary/aromatic N) is 2. The fraction of sp³-hybridized carbons (Fsp3) is 0.658. The minimum atomic E-state index is -4.44. The van der Waals surface area contributed by atoms with Crippen molar-refractivity contribution in [3.05, 3.63) is 30.5 Å². The van der Waals surface area contributed by atoms with Gasteiger partial charge in [-0.1, -0.05) is 32.6 Å². The molecule has 294 valence electrons. The Labute approximate surface area is 315 Å². The van der Waals surface area contributed by atoms with Crippen molar-refractivity contribution in [3.8, 4) is 11.6 Å². The summed E-state index contributed by atoms with van der Waals surface area (Å²) in [5.41, 5.74) is -2.92. The zero-order valence-corrected chi connectivity index (χ0v) is 32.2. The van der Waals surface area contributed by atoms with E-state index in [-0.39, 0.29) is 31.2 Å². The second kappa shape index (κ2) is 14.5. The van der Waals surface area contributed by atoms with Gasteiger partial charge in [-0.15, -0.1) is 0 Å². The highest BCUT2D eigenvalue weighted by molar-refractivity contribution is 7.85. The topological polar surface area (TPSA) is 192 Å². The molecule has 1 saturated heterocycles. The second-order valence-corrected chi connectivity index (χ2v) is 17.5. The van der Waals surface area contributed by atoms with Gasteiger partial charge in [0, 0.05) is 18.0 Å². The molecule has 4 saturated carbocycles. The molecule has 4 aliphatic carbocycles. The van der Waals surface area contributed by atoms with Crippen LogP contribution < -0.4 is 24.8 Å². The number of nitrogens with one attached hydrogen (secondary N) is 3. The van der Waals surface area contributed by atoms with Crippen molar-refractivity contribution in [1.29, 1.82) is 0 Å². The number of fused-ring (bicyclic) bond motifs is 1. The van der Waals surface area contributed by atoms with Crippen LogP contribution in [0.4, 0.5) is 4.79 Å². The van der Waals surface area contributed by atoms with E-state index >= 15 is 0 Å². The molecule has 7 rings (SSSR count). The number of hydrogen-bond acceptors (Lipinski definition) is 11.